The lowest BCUT2D eigenvalue weighted by Crippen LogP contribution is -2.27. The molecule has 1 saturated carbocycles. The van der Waals surface area contributed by atoms with Gasteiger partial charge in [0.2, 0.25) is 0 Å². The second kappa shape index (κ2) is 5.50. The summed E-state index contributed by atoms with van der Waals surface area (Å²) in [5.74, 6) is 1.80. The zero-order valence-corrected chi connectivity index (χ0v) is 9.46. The van der Waals surface area contributed by atoms with E-state index in [1.807, 2.05) is 6.92 Å². The van der Waals surface area contributed by atoms with Crippen LogP contribution in [0.3, 0.4) is 0 Å². The van der Waals surface area contributed by atoms with Crippen molar-refractivity contribution in [1.82, 2.24) is 0 Å². The molecular formula is C12H23NO. The van der Waals surface area contributed by atoms with Crippen molar-refractivity contribution in [2.24, 2.45) is 23.5 Å². The van der Waals surface area contributed by atoms with Crippen LogP contribution in [0.4, 0.5) is 0 Å². The summed E-state index contributed by atoms with van der Waals surface area (Å²) in [6, 6.07) is 0. The van der Waals surface area contributed by atoms with Gasteiger partial charge >= 0.3 is 0 Å². The zero-order valence-electron chi connectivity index (χ0n) is 9.46. The number of rotatable bonds is 4. The van der Waals surface area contributed by atoms with Crippen LogP contribution in [0.5, 0.6) is 0 Å². The molecule has 1 fully saturated rings. The molecule has 0 radical (unpaired) electrons. The van der Waals surface area contributed by atoms with E-state index < -0.39 is 0 Å². The van der Waals surface area contributed by atoms with Gasteiger partial charge in [-0.05, 0) is 31.7 Å². The van der Waals surface area contributed by atoms with Crippen LogP contribution in [0, 0.1) is 17.8 Å². The molecule has 0 spiro atoms. The van der Waals surface area contributed by atoms with Crippen LogP contribution in [0.15, 0.2) is 0 Å². The SMILES string of the molecule is CC1CCC(C(=O)C(C)CCN)CC1. The summed E-state index contributed by atoms with van der Waals surface area (Å²) in [6.45, 7) is 4.94. The number of carbonyl (C=O) groups is 1. The lowest BCUT2D eigenvalue weighted by molar-refractivity contribution is -0.127. The number of ketones is 1. The number of hydrogen-bond donors (Lipinski definition) is 1. The van der Waals surface area contributed by atoms with Gasteiger partial charge in [-0.1, -0.05) is 26.7 Å². The Morgan fingerprint density at radius 1 is 1.36 bits per heavy atom. The van der Waals surface area contributed by atoms with Crippen LogP contribution in [0.1, 0.15) is 46.0 Å². The summed E-state index contributed by atoms with van der Waals surface area (Å²) in [7, 11) is 0. The van der Waals surface area contributed by atoms with Crippen LogP contribution in [0.2, 0.25) is 0 Å². The first-order valence-corrected chi connectivity index (χ1v) is 5.89. The maximum absolute atomic E-state index is 11.9. The third-order valence-electron chi connectivity index (χ3n) is 3.50. The van der Waals surface area contributed by atoms with Gasteiger partial charge in [0, 0.05) is 11.8 Å². The summed E-state index contributed by atoms with van der Waals surface area (Å²) < 4.78 is 0. The fraction of sp³-hybridized carbons (Fsp3) is 0.917. The van der Waals surface area contributed by atoms with Crippen molar-refractivity contribution >= 4 is 5.78 Å². The molecule has 1 atom stereocenters. The van der Waals surface area contributed by atoms with Crippen LogP contribution < -0.4 is 5.73 Å². The van der Waals surface area contributed by atoms with Gasteiger partial charge in [-0.2, -0.15) is 0 Å². The van der Waals surface area contributed by atoms with E-state index in [1.165, 1.54) is 12.8 Å². The van der Waals surface area contributed by atoms with E-state index in [1.54, 1.807) is 0 Å². The van der Waals surface area contributed by atoms with Crippen molar-refractivity contribution in [2.45, 2.75) is 46.0 Å². The first-order valence-electron chi connectivity index (χ1n) is 5.89. The molecule has 0 aromatic carbocycles. The highest BCUT2D eigenvalue weighted by Crippen LogP contribution is 2.30. The van der Waals surface area contributed by atoms with Gasteiger partial charge in [0.25, 0.3) is 0 Å². The maximum atomic E-state index is 11.9. The Morgan fingerprint density at radius 3 is 2.43 bits per heavy atom. The second-order valence-corrected chi connectivity index (χ2v) is 4.84. The van der Waals surface area contributed by atoms with Gasteiger partial charge in [0.05, 0.1) is 0 Å². The molecule has 14 heavy (non-hydrogen) atoms. The molecule has 0 saturated heterocycles. The third kappa shape index (κ3) is 3.09. The Kier molecular flexibility index (Phi) is 4.59. The minimum Gasteiger partial charge on any atom is -0.330 e. The van der Waals surface area contributed by atoms with Crippen molar-refractivity contribution in [1.29, 1.82) is 0 Å². The molecule has 0 amide bonds. The van der Waals surface area contributed by atoms with E-state index in [0.29, 0.717) is 18.2 Å². The topological polar surface area (TPSA) is 43.1 Å². The number of Topliss-reactive ketones (excluding diaryl/α,β-unsaturated/α-hetero) is 1. The fourth-order valence-corrected chi connectivity index (χ4v) is 2.34. The molecular weight excluding hydrogens is 174 g/mol. The molecule has 2 nitrogen and oxygen atoms in total. The molecule has 1 rings (SSSR count). The second-order valence-electron chi connectivity index (χ2n) is 4.84. The predicted octanol–water partition coefficient (Wildman–Crippen LogP) is 2.37. The average Bonchev–Trinajstić information content (AvgIpc) is 2.18. The molecule has 1 unspecified atom stereocenters. The highest BCUT2D eigenvalue weighted by molar-refractivity contribution is 5.83. The lowest BCUT2D eigenvalue weighted by atomic mass is 9.77. The summed E-state index contributed by atoms with van der Waals surface area (Å²) >= 11 is 0. The largest absolute Gasteiger partial charge is 0.330 e. The smallest absolute Gasteiger partial charge is 0.138 e. The third-order valence-corrected chi connectivity index (χ3v) is 3.50. The van der Waals surface area contributed by atoms with Crippen molar-refractivity contribution in [3.8, 4) is 0 Å². The molecule has 2 N–H and O–H groups in total. The monoisotopic (exact) mass is 197 g/mol. The minimum atomic E-state index is 0.179. The van der Waals surface area contributed by atoms with Gasteiger partial charge in [0.15, 0.2) is 0 Å². The Labute approximate surface area is 87.2 Å². The van der Waals surface area contributed by atoms with Crippen LogP contribution in [0.25, 0.3) is 0 Å². The molecule has 0 bridgehead atoms. The van der Waals surface area contributed by atoms with Crippen molar-refractivity contribution in [3.63, 3.8) is 0 Å². The van der Waals surface area contributed by atoms with E-state index in [9.17, 15) is 4.79 Å². The molecule has 0 aliphatic heterocycles. The van der Waals surface area contributed by atoms with Gasteiger partial charge < -0.3 is 5.73 Å². The predicted molar refractivity (Wildman–Crippen MR) is 59.0 cm³/mol. The molecule has 1 aliphatic rings. The normalized spacial score (nSPS) is 29.9. The highest BCUT2D eigenvalue weighted by Gasteiger charge is 2.26. The van der Waals surface area contributed by atoms with Gasteiger partial charge in [-0.25, -0.2) is 0 Å². The zero-order chi connectivity index (χ0) is 10.6. The van der Waals surface area contributed by atoms with Crippen LogP contribution in [-0.4, -0.2) is 12.3 Å². The van der Waals surface area contributed by atoms with E-state index in [-0.39, 0.29) is 5.92 Å². The van der Waals surface area contributed by atoms with E-state index in [4.69, 9.17) is 5.73 Å². The Bertz CT molecular complexity index is 183. The Morgan fingerprint density at radius 2 is 1.93 bits per heavy atom. The van der Waals surface area contributed by atoms with Gasteiger partial charge in [-0.15, -0.1) is 0 Å². The first-order chi connectivity index (χ1) is 6.65. The Hall–Kier alpha value is -0.370. The van der Waals surface area contributed by atoms with Crippen molar-refractivity contribution < 1.29 is 4.79 Å². The summed E-state index contributed by atoms with van der Waals surface area (Å²) in [5.41, 5.74) is 5.47. The molecule has 0 heterocycles. The summed E-state index contributed by atoms with van der Waals surface area (Å²) in [5, 5.41) is 0. The van der Waals surface area contributed by atoms with Gasteiger partial charge in [0.1, 0.15) is 5.78 Å². The number of hydrogen-bond acceptors (Lipinski definition) is 2. The average molecular weight is 197 g/mol. The minimum absolute atomic E-state index is 0.179. The molecule has 0 aromatic heterocycles. The van der Waals surface area contributed by atoms with Crippen LogP contribution in [-0.2, 0) is 4.79 Å². The molecule has 1 aliphatic carbocycles. The standard InChI is InChI=1S/C12H23NO/c1-9-3-5-11(6-4-9)12(14)10(2)7-8-13/h9-11H,3-8,13H2,1-2H3. The van der Waals surface area contributed by atoms with Gasteiger partial charge in [-0.3, -0.25) is 4.79 Å². The van der Waals surface area contributed by atoms with E-state index in [0.717, 1.165) is 25.2 Å². The number of carbonyl (C=O) groups excluding carboxylic acids is 1. The van der Waals surface area contributed by atoms with E-state index >= 15 is 0 Å². The van der Waals surface area contributed by atoms with Crippen LogP contribution >= 0.6 is 0 Å². The molecule has 0 aromatic rings. The quantitative estimate of drug-likeness (QED) is 0.752. The maximum Gasteiger partial charge on any atom is 0.138 e. The van der Waals surface area contributed by atoms with E-state index in [2.05, 4.69) is 6.92 Å². The molecule has 2 heteroatoms. The highest BCUT2D eigenvalue weighted by atomic mass is 16.1. The van der Waals surface area contributed by atoms with Crippen molar-refractivity contribution in [2.75, 3.05) is 6.54 Å². The first kappa shape index (κ1) is 11.7. The molecule has 82 valence electrons. The summed E-state index contributed by atoms with van der Waals surface area (Å²) in [6.07, 6.45) is 5.52. The van der Waals surface area contributed by atoms with Crippen molar-refractivity contribution in [3.05, 3.63) is 0 Å². The lowest BCUT2D eigenvalue weighted by Gasteiger charge is -2.27. The number of nitrogens with two attached hydrogens (primary N) is 1. The fourth-order valence-electron chi connectivity index (χ4n) is 2.34. The summed E-state index contributed by atoms with van der Waals surface area (Å²) in [4.78, 5) is 11.9. The Balaban J connectivity index is 2.37.